The molecule has 1 heterocycles. The monoisotopic (exact) mass is 308 g/mol. The van der Waals surface area contributed by atoms with E-state index in [4.69, 9.17) is 11.6 Å². The highest BCUT2D eigenvalue weighted by Crippen LogP contribution is 2.22. The molecule has 2 rings (SSSR count). The first-order chi connectivity index (χ1) is 9.65. The van der Waals surface area contributed by atoms with Crippen molar-refractivity contribution in [2.24, 2.45) is 5.92 Å². The molecular formula is C16H21ClN2S. The molecule has 2 aromatic rings. The molecule has 1 N–H and O–H groups in total. The molecule has 0 saturated heterocycles. The zero-order valence-corrected chi connectivity index (χ0v) is 13.5. The maximum absolute atomic E-state index is 5.98. The maximum Gasteiger partial charge on any atom is 0.0794 e. The Morgan fingerprint density at radius 3 is 2.55 bits per heavy atom. The largest absolute Gasteiger partial charge is 0.316 e. The zero-order chi connectivity index (χ0) is 14.4. The van der Waals surface area contributed by atoms with E-state index in [9.17, 15) is 0 Å². The first-order valence-electron chi connectivity index (χ1n) is 6.98. The molecule has 0 aliphatic carbocycles. The first kappa shape index (κ1) is 15.5. The standard InChI is InChI=1S/C16H21ClN2S/c1-12(2)8-18-9-14(7-16-10-20-11-19-16)13-3-5-15(17)6-4-13/h3-6,10-12,14,18H,7-9H2,1-2H3. The molecule has 108 valence electrons. The summed E-state index contributed by atoms with van der Waals surface area (Å²) in [5.74, 6) is 1.10. The molecule has 0 bridgehead atoms. The fraction of sp³-hybridized carbons (Fsp3) is 0.438. The molecule has 1 unspecified atom stereocenters. The number of rotatable bonds is 7. The highest BCUT2D eigenvalue weighted by Gasteiger charge is 2.13. The second kappa shape index (κ2) is 7.77. The van der Waals surface area contributed by atoms with Crippen molar-refractivity contribution in [3.8, 4) is 0 Å². The molecule has 0 aliphatic heterocycles. The van der Waals surface area contributed by atoms with Crippen molar-refractivity contribution in [1.29, 1.82) is 0 Å². The lowest BCUT2D eigenvalue weighted by Crippen LogP contribution is -2.26. The van der Waals surface area contributed by atoms with Gasteiger partial charge in [0.15, 0.2) is 0 Å². The van der Waals surface area contributed by atoms with Crippen LogP contribution in [-0.2, 0) is 6.42 Å². The molecule has 1 aromatic heterocycles. The quantitative estimate of drug-likeness (QED) is 0.821. The van der Waals surface area contributed by atoms with Crippen LogP contribution in [0.2, 0.25) is 5.02 Å². The van der Waals surface area contributed by atoms with Gasteiger partial charge < -0.3 is 5.32 Å². The van der Waals surface area contributed by atoms with Gasteiger partial charge in [-0.25, -0.2) is 4.98 Å². The molecule has 0 saturated carbocycles. The van der Waals surface area contributed by atoms with Crippen molar-refractivity contribution in [1.82, 2.24) is 10.3 Å². The van der Waals surface area contributed by atoms with Crippen LogP contribution >= 0.6 is 22.9 Å². The Morgan fingerprint density at radius 2 is 1.95 bits per heavy atom. The van der Waals surface area contributed by atoms with Crippen LogP contribution in [0, 0.1) is 5.92 Å². The molecule has 0 radical (unpaired) electrons. The summed E-state index contributed by atoms with van der Waals surface area (Å²) >= 11 is 7.63. The highest BCUT2D eigenvalue weighted by atomic mass is 35.5. The van der Waals surface area contributed by atoms with E-state index >= 15 is 0 Å². The van der Waals surface area contributed by atoms with Crippen LogP contribution in [0.25, 0.3) is 0 Å². The van der Waals surface area contributed by atoms with E-state index in [1.165, 1.54) is 11.3 Å². The Hall–Kier alpha value is -0.900. The Bertz CT molecular complexity index is 494. The van der Waals surface area contributed by atoms with E-state index in [-0.39, 0.29) is 0 Å². The molecule has 0 aliphatic rings. The van der Waals surface area contributed by atoms with Gasteiger partial charge in [0.2, 0.25) is 0 Å². The van der Waals surface area contributed by atoms with Crippen LogP contribution in [-0.4, -0.2) is 18.1 Å². The molecule has 4 heteroatoms. The van der Waals surface area contributed by atoms with Crippen molar-refractivity contribution in [2.75, 3.05) is 13.1 Å². The lowest BCUT2D eigenvalue weighted by atomic mass is 9.94. The van der Waals surface area contributed by atoms with Gasteiger partial charge in [-0.05, 0) is 36.6 Å². The number of hydrogen-bond acceptors (Lipinski definition) is 3. The lowest BCUT2D eigenvalue weighted by Gasteiger charge is -2.18. The smallest absolute Gasteiger partial charge is 0.0794 e. The summed E-state index contributed by atoms with van der Waals surface area (Å²) in [7, 11) is 0. The van der Waals surface area contributed by atoms with Crippen LogP contribution in [0.4, 0.5) is 0 Å². The summed E-state index contributed by atoms with van der Waals surface area (Å²) in [6.07, 6.45) is 0.968. The third kappa shape index (κ3) is 4.89. The first-order valence-corrected chi connectivity index (χ1v) is 8.30. The van der Waals surface area contributed by atoms with E-state index in [0.29, 0.717) is 11.8 Å². The Labute approximate surface area is 130 Å². The number of benzene rings is 1. The number of hydrogen-bond donors (Lipinski definition) is 1. The highest BCUT2D eigenvalue weighted by molar-refractivity contribution is 7.07. The summed E-state index contributed by atoms with van der Waals surface area (Å²) in [6.45, 7) is 6.47. The van der Waals surface area contributed by atoms with E-state index in [0.717, 1.165) is 24.5 Å². The minimum Gasteiger partial charge on any atom is -0.316 e. The summed E-state index contributed by atoms with van der Waals surface area (Å²) in [5.41, 5.74) is 4.38. The van der Waals surface area contributed by atoms with Crippen molar-refractivity contribution in [2.45, 2.75) is 26.2 Å². The fourth-order valence-electron chi connectivity index (χ4n) is 2.18. The molecule has 1 atom stereocenters. The van der Waals surface area contributed by atoms with E-state index in [1.54, 1.807) is 11.3 Å². The minimum atomic E-state index is 0.438. The summed E-state index contributed by atoms with van der Waals surface area (Å²) < 4.78 is 0. The van der Waals surface area contributed by atoms with Crippen molar-refractivity contribution < 1.29 is 0 Å². The van der Waals surface area contributed by atoms with Gasteiger partial charge in [-0.15, -0.1) is 11.3 Å². The van der Waals surface area contributed by atoms with Gasteiger partial charge in [0.1, 0.15) is 0 Å². The summed E-state index contributed by atoms with van der Waals surface area (Å²) in [6, 6.07) is 8.17. The van der Waals surface area contributed by atoms with Crippen molar-refractivity contribution >= 4 is 22.9 Å². The normalized spacial score (nSPS) is 12.8. The predicted molar refractivity (Wildman–Crippen MR) is 87.7 cm³/mol. The molecule has 2 nitrogen and oxygen atoms in total. The van der Waals surface area contributed by atoms with Gasteiger partial charge in [-0.3, -0.25) is 0 Å². The molecule has 20 heavy (non-hydrogen) atoms. The maximum atomic E-state index is 5.98. The molecule has 0 fully saturated rings. The number of aromatic nitrogens is 1. The Morgan fingerprint density at radius 1 is 1.20 bits per heavy atom. The second-order valence-corrected chi connectivity index (χ2v) is 6.64. The lowest BCUT2D eigenvalue weighted by molar-refractivity contribution is 0.512. The number of thiazole rings is 1. The zero-order valence-electron chi connectivity index (χ0n) is 12.0. The van der Waals surface area contributed by atoms with Crippen molar-refractivity contribution in [3.63, 3.8) is 0 Å². The fourth-order valence-corrected chi connectivity index (χ4v) is 2.88. The van der Waals surface area contributed by atoms with Crippen LogP contribution in [0.3, 0.4) is 0 Å². The van der Waals surface area contributed by atoms with Crippen LogP contribution in [0.5, 0.6) is 0 Å². The topological polar surface area (TPSA) is 24.9 Å². The van der Waals surface area contributed by atoms with Gasteiger partial charge >= 0.3 is 0 Å². The molecule has 0 spiro atoms. The van der Waals surface area contributed by atoms with Gasteiger partial charge in [0.25, 0.3) is 0 Å². The number of nitrogens with zero attached hydrogens (tertiary/aromatic N) is 1. The van der Waals surface area contributed by atoms with Crippen LogP contribution < -0.4 is 5.32 Å². The van der Waals surface area contributed by atoms with Gasteiger partial charge in [0, 0.05) is 22.9 Å². The summed E-state index contributed by atoms with van der Waals surface area (Å²) in [4.78, 5) is 4.41. The Kier molecular flexibility index (Phi) is 6.02. The van der Waals surface area contributed by atoms with Crippen LogP contribution in [0.15, 0.2) is 35.2 Å². The predicted octanol–water partition coefficient (Wildman–Crippen LogP) is 4.37. The molecule has 1 aromatic carbocycles. The third-order valence-electron chi connectivity index (χ3n) is 3.22. The Balaban J connectivity index is 2.04. The SMILES string of the molecule is CC(C)CNCC(Cc1cscn1)c1ccc(Cl)cc1. The van der Waals surface area contributed by atoms with Crippen molar-refractivity contribution in [3.05, 3.63) is 51.4 Å². The van der Waals surface area contributed by atoms with Crippen LogP contribution in [0.1, 0.15) is 31.0 Å². The van der Waals surface area contributed by atoms with Gasteiger partial charge in [-0.1, -0.05) is 37.6 Å². The average molecular weight is 309 g/mol. The third-order valence-corrected chi connectivity index (χ3v) is 4.11. The van der Waals surface area contributed by atoms with E-state index < -0.39 is 0 Å². The minimum absolute atomic E-state index is 0.438. The summed E-state index contributed by atoms with van der Waals surface area (Å²) in [5, 5.41) is 6.47. The van der Waals surface area contributed by atoms with Gasteiger partial charge in [0.05, 0.1) is 11.2 Å². The average Bonchev–Trinajstić information content (AvgIpc) is 2.91. The molecule has 0 amide bonds. The number of halogens is 1. The van der Waals surface area contributed by atoms with Gasteiger partial charge in [-0.2, -0.15) is 0 Å². The number of nitrogens with one attached hydrogen (secondary N) is 1. The van der Waals surface area contributed by atoms with E-state index in [2.05, 4.69) is 41.7 Å². The second-order valence-electron chi connectivity index (χ2n) is 5.48. The van der Waals surface area contributed by atoms with E-state index in [1.807, 2.05) is 17.6 Å². The molecular weight excluding hydrogens is 288 g/mol.